The lowest BCUT2D eigenvalue weighted by Crippen LogP contribution is -2.37. The normalized spacial score (nSPS) is 10.0. The predicted molar refractivity (Wildman–Crippen MR) is 75.9 cm³/mol. The number of hydrogen-bond acceptors (Lipinski definition) is 4. The molecular weight excluding hydrogens is 244 g/mol. The van der Waals surface area contributed by atoms with Crippen LogP contribution in [0.4, 0.5) is 11.4 Å². The molecule has 2 amide bonds. The number of anilines is 2. The first-order valence-electron chi connectivity index (χ1n) is 6.21. The number of carbonyl (C=O) groups is 2. The molecule has 1 aromatic carbocycles. The van der Waals surface area contributed by atoms with Crippen LogP contribution >= 0.6 is 0 Å². The number of nitrogen functional groups attached to an aromatic ring is 1. The zero-order chi connectivity index (χ0) is 14.4. The highest BCUT2D eigenvalue weighted by molar-refractivity contribution is 6.01. The van der Waals surface area contributed by atoms with Crippen LogP contribution in [0, 0.1) is 0 Å². The number of likely N-dealkylation sites (N-methyl/N-ethyl adjacent to an activating group) is 2. The third kappa shape index (κ3) is 3.61. The molecule has 5 N–H and O–H groups in total. The van der Waals surface area contributed by atoms with Crippen LogP contribution in [0.25, 0.3) is 0 Å². The Morgan fingerprint density at radius 1 is 1.32 bits per heavy atom. The fraction of sp³-hybridized carbons (Fsp3) is 0.385. The molecule has 0 heterocycles. The summed E-state index contributed by atoms with van der Waals surface area (Å²) in [7, 11) is 0. The Balaban J connectivity index is 3.02. The minimum atomic E-state index is -0.576. The maximum absolute atomic E-state index is 11.6. The van der Waals surface area contributed by atoms with Crippen molar-refractivity contribution < 1.29 is 9.59 Å². The van der Waals surface area contributed by atoms with Gasteiger partial charge in [0.2, 0.25) is 5.91 Å². The summed E-state index contributed by atoms with van der Waals surface area (Å²) < 4.78 is 0. The lowest BCUT2D eigenvalue weighted by atomic mass is 10.1. The van der Waals surface area contributed by atoms with Gasteiger partial charge in [0.05, 0.1) is 23.5 Å². The zero-order valence-electron chi connectivity index (χ0n) is 11.3. The van der Waals surface area contributed by atoms with Gasteiger partial charge in [0.1, 0.15) is 0 Å². The van der Waals surface area contributed by atoms with E-state index in [1.165, 1.54) is 0 Å². The number of primary amides is 1. The Morgan fingerprint density at radius 2 is 2.00 bits per heavy atom. The minimum absolute atomic E-state index is 0.0896. The van der Waals surface area contributed by atoms with E-state index in [0.29, 0.717) is 24.5 Å². The summed E-state index contributed by atoms with van der Waals surface area (Å²) in [6.45, 7) is 5.14. The molecule has 6 nitrogen and oxygen atoms in total. The number of para-hydroxylation sites is 1. The molecule has 6 heteroatoms. The number of amides is 2. The van der Waals surface area contributed by atoms with Crippen LogP contribution in [0.2, 0.25) is 0 Å². The van der Waals surface area contributed by atoms with Crippen LogP contribution in [-0.4, -0.2) is 31.4 Å². The number of carbonyl (C=O) groups excluding carboxylic acids is 2. The van der Waals surface area contributed by atoms with Gasteiger partial charge >= 0.3 is 0 Å². The largest absolute Gasteiger partial charge is 0.396 e. The van der Waals surface area contributed by atoms with Gasteiger partial charge in [0.25, 0.3) is 5.91 Å². The fourth-order valence-corrected chi connectivity index (χ4v) is 1.84. The summed E-state index contributed by atoms with van der Waals surface area (Å²) in [4.78, 5) is 24.7. The molecule has 0 unspecified atom stereocenters. The van der Waals surface area contributed by atoms with Gasteiger partial charge in [-0.15, -0.1) is 0 Å². The van der Waals surface area contributed by atoms with Crippen molar-refractivity contribution in [2.45, 2.75) is 13.8 Å². The van der Waals surface area contributed by atoms with Gasteiger partial charge in [0.15, 0.2) is 0 Å². The van der Waals surface area contributed by atoms with Gasteiger partial charge in [-0.1, -0.05) is 6.07 Å². The van der Waals surface area contributed by atoms with Gasteiger partial charge in [-0.2, -0.15) is 0 Å². The van der Waals surface area contributed by atoms with Crippen LogP contribution in [0.3, 0.4) is 0 Å². The van der Waals surface area contributed by atoms with E-state index in [1.807, 2.05) is 13.8 Å². The molecule has 0 fully saturated rings. The zero-order valence-corrected chi connectivity index (χ0v) is 11.3. The number of hydrogen-bond donors (Lipinski definition) is 3. The molecule has 0 radical (unpaired) electrons. The summed E-state index contributed by atoms with van der Waals surface area (Å²) in [5.41, 5.74) is 12.4. The lowest BCUT2D eigenvalue weighted by Gasteiger charge is -2.24. The van der Waals surface area contributed by atoms with Crippen molar-refractivity contribution in [3.8, 4) is 0 Å². The second-order valence-electron chi connectivity index (χ2n) is 4.07. The van der Waals surface area contributed by atoms with Crippen molar-refractivity contribution in [3.63, 3.8) is 0 Å². The van der Waals surface area contributed by atoms with Crippen molar-refractivity contribution in [1.82, 2.24) is 5.32 Å². The Hall–Kier alpha value is -2.24. The molecule has 0 saturated heterocycles. The molecule has 0 aliphatic carbocycles. The van der Waals surface area contributed by atoms with Gasteiger partial charge in [-0.3, -0.25) is 9.59 Å². The topological polar surface area (TPSA) is 101 Å². The molecule has 1 aromatic rings. The third-order valence-electron chi connectivity index (χ3n) is 2.78. The van der Waals surface area contributed by atoms with E-state index in [4.69, 9.17) is 11.5 Å². The SMILES string of the molecule is CCNC(=O)CN(CC)c1cccc(C(N)=O)c1N. The van der Waals surface area contributed by atoms with Crippen LogP contribution in [0.15, 0.2) is 18.2 Å². The van der Waals surface area contributed by atoms with Crippen molar-refractivity contribution in [1.29, 1.82) is 0 Å². The van der Waals surface area contributed by atoms with Crippen molar-refractivity contribution in [2.24, 2.45) is 5.73 Å². The molecule has 1 rings (SSSR count). The summed E-state index contributed by atoms with van der Waals surface area (Å²) in [6.07, 6.45) is 0. The van der Waals surface area contributed by atoms with Gasteiger partial charge in [0, 0.05) is 13.1 Å². The number of nitrogens with two attached hydrogens (primary N) is 2. The first-order chi connectivity index (χ1) is 9.01. The second kappa shape index (κ2) is 6.63. The number of nitrogens with one attached hydrogen (secondary N) is 1. The van der Waals surface area contributed by atoms with Crippen LogP contribution < -0.4 is 21.7 Å². The van der Waals surface area contributed by atoms with E-state index in [0.717, 1.165) is 0 Å². The summed E-state index contributed by atoms with van der Waals surface area (Å²) >= 11 is 0. The molecule has 0 bridgehead atoms. The van der Waals surface area contributed by atoms with Crippen LogP contribution in [0.5, 0.6) is 0 Å². The van der Waals surface area contributed by atoms with Gasteiger partial charge in [-0.05, 0) is 26.0 Å². The molecule has 0 saturated carbocycles. The van der Waals surface area contributed by atoms with E-state index < -0.39 is 5.91 Å². The van der Waals surface area contributed by atoms with Crippen molar-refractivity contribution in [3.05, 3.63) is 23.8 Å². The smallest absolute Gasteiger partial charge is 0.250 e. The molecule has 0 aromatic heterocycles. The maximum atomic E-state index is 11.6. The van der Waals surface area contributed by atoms with E-state index in [1.54, 1.807) is 23.1 Å². The van der Waals surface area contributed by atoms with E-state index in [9.17, 15) is 9.59 Å². The highest BCUT2D eigenvalue weighted by Gasteiger charge is 2.15. The first kappa shape index (κ1) is 14.8. The van der Waals surface area contributed by atoms with E-state index in [-0.39, 0.29) is 18.0 Å². The van der Waals surface area contributed by atoms with Gasteiger partial charge in [-0.25, -0.2) is 0 Å². The predicted octanol–water partition coefficient (Wildman–Crippen LogP) is 0.330. The second-order valence-corrected chi connectivity index (χ2v) is 4.07. The third-order valence-corrected chi connectivity index (χ3v) is 2.78. The molecule has 0 aliphatic heterocycles. The minimum Gasteiger partial charge on any atom is -0.396 e. The Labute approximate surface area is 112 Å². The summed E-state index contributed by atoms with van der Waals surface area (Å²) in [5, 5.41) is 2.72. The first-order valence-corrected chi connectivity index (χ1v) is 6.21. The Bertz CT molecular complexity index is 474. The number of nitrogens with zero attached hydrogens (tertiary/aromatic N) is 1. The highest BCUT2D eigenvalue weighted by Crippen LogP contribution is 2.26. The standard InChI is InChI=1S/C13H20N4O2/c1-3-16-11(18)8-17(4-2)10-7-5-6-9(12(10)14)13(15)19/h5-7H,3-4,8,14H2,1-2H3,(H2,15,19)(H,16,18). The molecule has 104 valence electrons. The molecular formula is C13H20N4O2. The Morgan fingerprint density at radius 3 is 2.53 bits per heavy atom. The summed E-state index contributed by atoms with van der Waals surface area (Å²) in [6, 6.07) is 5.04. The lowest BCUT2D eigenvalue weighted by molar-refractivity contribution is -0.119. The van der Waals surface area contributed by atoms with Gasteiger partial charge < -0.3 is 21.7 Å². The molecule has 0 aliphatic rings. The monoisotopic (exact) mass is 264 g/mol. The Kier molecular flexibility index (Phi) is 5.17. The molecule has 0 atom stereocenters. The van der Waals surface area contributed by atoms with Crippen molar-refractivity contribution in [2.75, 3.05) is 30.3 Å². The quantitative estimate of drug-likeness (QED) is 0.644. The summed E-state index contributed by atoms with van der Waals surface area (Å²) in [5.74, 6) is -0.665. The van der Waals surface area contributed by atoms with E-state index in [2.05, 4.69) is 5.32 Å². The average Bonchev–Trinajstić information content (AvgIpc) is 2.36. The fourth-order valence-electron chi connectivity index (χ4n) is 1.84. The van der Waals surface area contributed by atoms with Crippen LogP contribution in [0.1, 0.15) is 24.2 Å². The maximum Gasteiger partial charge on any atom is 0.250 e. The average molecular weight is 264 g/mol. The van der Waals surface area contributed by atoms with E-state index >= 15 is 0 Å². The molecule has 0 spiro atoms. The number of benzene rings is 1. The van der Waals surface area contributed by atoms with Crippen LogP contribution in [-0.2, 0) is 4.79 Å². The van der Waals surface area contributed by atoms with Crippen molar-refractivity contribution >= 4 is 23.2 Å². The highest BCUT2D eigenvalue weighted by atomic mass is 16.2. The molecule has 19 heavy (non-hydrogen) atoms. The number of rotatable bonds is 6.